The standard InChI is InChI=1S/C12H16ClNO2S/c1-17-6-5-11(14)12(15)16-8-9-3-2-4-10(13)7-9/h2-4,7,11H,5-6,8,14H2,1H3/t11-/m0/s1. The summed E-state index contributed by atoms with van der Waals surface area (Å²) in [5, 5.41) is 0.630. The smallest absolute Gasteiger partial charge is 0.323 e. The third kappa shape index (κ3) is 5.44. The van der Waals surface area contributed by atoms with E-state index in [9.17, 15) is 4.79 Å². The number of carbonyl (C=O) groups is 1. The average molecular weight is 274 g/mol. The van der Waals surface area contributed by atoms with Gasteiger partial charge in [0, 0.05) is 5.02 Å². The van der Waals surface area contributed by atoms with Crippen molar-refractivity contribution < 1.29 is 9.53 Å². The van der Waals surface area contributed by atoms with Crippen LogP contribution in [0, 0.1) is 0 Å². The Morgan fingerprint density at radius 1 is 1.59 bits per heavy atom. The Kier molecular flexibility index (Phi) is 6.40. The summed E-state index contributed by atoms with van der Waals surface area (Å²) >= 11 is 7.48. The van der Waals surface area contributed by atoms with Crippen LogP contribution in [0.3, 0.4) is 0 Å². The van der Waals surface area contributed by atoms with E-state index in [1.165, 1.54) is 0 Å². The summed E-state index contributed by atoms with van der Waals surface area (Å²) in [4.78, 5) is 11.5. The van der Waals surface area contributed by atoms with Crippen molar-refractivity contribution in [1.82, 2.24) is 0 Å². The molecule has 3 nitrogen and oxygen atoms in total. The molecule has 0 amide bonds. The largest absolute Gasteiger partial charge is 0.460 e. The summed E-state index contributed by atoms with van der Waals surface area (Å²) in [5.74, 6) is 0.493. The van der Waals surface area contributed by atoms with Gasteiger partial charge in [-0.3, -0.25) is 4.79 Å². The first-order chi connectivity index (χ1) is 8.13. The van der Waals surface area contributed by atoms with Gasteiger partial charge in [0.05, 0.1) is 0 Å². The zero-order chi connectivity index (χ0) is 12.7. The minimum Gasteiger partial charge on any atom is -0.460 e. The van der Waals surface area contributed by atoms with E-state index in [2.05, 4.69) is 0 Å². The van der Waals surface area contributed by atoms with Gasteiger partial charge in [0.15, 0.2) is 0 Å². The Labute approximate surface area is 111 Å². The van der Waals surface area contributed by atoms with Gasteiger partial charge < -0.3 is 10.5 Å². The van der Waals surface area contributed by atoms with Gasteiger partial charge >= 0.3 is 5.97 Å². The van der Waals surface area contributed by atoms with Gasteiger partial charge in [-0.05, 0) is 36.1 Å². The van der Waals surface area contributed by atoms with Crippen LogP contribution in [-0.4, -0.2) is 24.0 Å². The molecule has 94 valence electrons. The lowest BCUT2D eigenvalue weighted by Crippen LogP contribution is -2.32. The molecule has 0 unspecified atom stereocenters. The summed E-state index contributed by atoms with van der Waals surface area (Å²) in [5.41, 5.74) is 6.55. The van der Waals surface area contributed by atoms with Crippen molar-refractivity contribution in [2.24, 2.45) is 5.73 Å². The Morgan fingerprint density at radius 2 is 2.35 bits per heavy atom. The zero-order valence-electron chi connectivity index (χ0n) is 9.69. The van der Waals surface area contributed by atoms with Gasteiger partial charge in [0.25, 0.3) is 0 Å². The number of hydrogen-bond acceptors (Lipinski definition) is 4. The van der Waals surface area contributed by atoms with Crippen molar-refractivity contribution in [3.05, 3.63) is 34.9 Å². The summed E-state index contributed by atoms with van der Waals surface area (Å²) in [6.45, 7) is 0.215. The predicted octanol–water partition coefficient (Wildman–Crippen LogP) is 2.46. The third-order valence-corrected chi connectivity index (χ3v) is 3.08. The fraction of sp³-hybridized carbons (Fsp3) is 0.417. The maximum absolute atomic E-state index is 11.5. The molecule has 0 aliphatic carbocycles. The lowest BCUT2D eigenvalue weighted by atomic mass is 10.2. The molecule has 1 aromatic carbocycles. The quantitative estimate of drug-likeness (QED) is 0.809. The van der Waals surface area contributed by atoms with Crippen LogP contribution in [0.15, 0.2) is 24.3 Å². The number of carbonyl (C=O) groups excluding carboxylic acids is 1. The SMILES string of the molecule is CSCC[C@H](N)C(=O)OCc1cccc(Cl)c1. The highest BCUT2D eigenvalue weighted by atomic mass is 35.5. The molecule has 0 aliphatic heterocycles. The molecule has 0 radical (unpaired) electrons. The summed E-state index contributed by atoms with van der Waals surface area (Å²) in [6.07, 6.45) is 2.61. The van der Waals surface area contributed by atoms with E-state index in [0.29, 0.717) is 11.4 Å². The van der Waals surface area contributed by atoms with Crippen LogP contribution in [0.4, 0.5) is 0 Å². The van der Waals surface area contributed by atoms with Crippen LogP contribution < -0.4 is 5.73 Å². The van der Waals surface area contributed by atoms with E-state index in [-0.39, 0.29) is 12.6 Å². The van der Waals surface area contributed by atoms with Crippen LogP contribution in [0.25, 0.3) is 0 Å². The first kappa shape index (κ1) is 14.4. The number of halogens is 1. The Morgan fingerprint density at radius 3 is 3.00 bits per heavy atom. The molecule has 0 aromatic heterocycles. The van der Waals surface area contributed by atoms with Gasteiger partial charge in [-0.25, -0.2) is 0 Å². The molecule has 0 saturated carbocycles. The first-order valence-corrected chi connectivity index (χ1v) is 7.06. The molecule has 5 heteroatoms. The van der Waals surface area contributed by atoms with Crippen molar-refractivity contribution in [3.8, 4) is 0 Å². The van der Waals surface area contributed by atoms with Crippen molar-refractivity contribution in [2.45, 2.75) is 19.1 Å². The monoisotopic (exact) mass is 273 g/mol. The fourth-order valence-corrected chi connectivity index (χ4v) is 1.95. The van der Waals surface area contributed by atoms with Gasteiger partial charge in [-0.1, -0.05) is 23.7 Å². The number of rotatable bonds is 6. The number of ether oxygens (including phenoxy) is 1. The minimum atomic E-state index is -0.540. The van der Waals surface area contributed by atoms with Crippen molar-refractivity contribution in [2.75, 3.05) is 12.0 Å². The molecule has 1 rings (SSSR count). The lowest BCUT2D eigenvalue weighted by Gasteiger charge is -2.10. The van der Waals surface area contributed by atoms with Crippen LogP contribution in [0.2, 0.25) is 5.02 Å². The van der Waals surface area contributed by atoms with Gasteiger partial charge in [0.2, 0.25) is 0 Å². The summed E-state index contributed by atoms with van der Waals surface area (Å²) in [7, 11) is 0. The maximum Gasteiger partial charge on any atom is 0.323 e. The predicted molar refractivity (Wildman–Crippen MR) is 72.2 cm³/mol. The van der Waals surface area contributed by atoms with E-state index < -0.39 is 6.04 Å². The Bertz CT molecular complexity index is 373. The molecule has 0 bridgehead atoms. The van der Waals surface area contributed by atoms with Crippen molar-refractivity contribution >= 4 is 29.3 Å². The fourth-order valence-electron chi connectivity index (χ4n) is 1.25. The van der Waals surface area contributed by atoms with E-state index >= 15 is 0 Å². The number of esters is 1. The molecular formula is C12H16ClNO2S. The van der Waals surface area contributed by atoms with Crippen molar-refractivity contribution in [1.29, 1.82) is 0 Å². The van der Waals surface area contributed by atoms with Crippen LogP contribution in [0.5, 0.6) is 0 Å². The number of nitrogens with two attached hydrogens (primary N) is 1. The highest BCUT2D eigenvalue weighted by Gasteiger charge is 2.14. The molecule has 1 aromatic rings. The normalized spacial score (nSPS) is 12.2. The van der Waals surface area contributed by atoms with Crippen molar-refractivity contribution in [3.63, 3.8) is 0 Å². The number of hydrogen-bond donors (Lipinski definition) is 1. The Balaban J connectivity index is 2.37. The second-order valence-corrected chi connectivity index (χ2v) is 5.05. The highest BCUT2D eigenvalue weighted by Crippen LogP contribution is 2.12. The van der Waals surface area contributed by atoms with Crippen LogP contribution in [-0.2, 0) is 16.1 Å². The molecule has 0 spiro atoms. The number of benzene rings is 1. The van der Waals surface area contributed by atoms with E-state index in [4.69, 9.17) is 22.1 Å². The Hall–Kier alpha value is -0.710. The third-order valence-electron chi connectivity index (χ3n) is 2.21. The molecule has 17 heavy (non-hydrogen) atoms. The molecule has 0 aliphatic rings. The number of thioether (sulfide) groups is 1. The highest BCUT2D eigenvalue weighted by molar-refractivity contribution is 7.98. The van der Waals surface area contributed by atoms with Crippen LogP contribution in [0.1, 0.15) is 12.0 Å². The minimum absolute atomic E-state index is 0.215. The van der Waals surface area contributed by atoms with Crippen LogP contribution >= 0.6 is 23.4 Å². The summed E-state index contributed by atoms with van der Waals surface area (Å²) < 4.78 is 5.11. The molecular weight excluding hydrogens is 258 g/mol. The van der Waals surface area contributed by atoms with E-state index in [1.807, 2.05) is 18.4 Å². The lowest BCUT2D eigenvalue weighted by molar-refractivity contribution is -0.146. The average Bonchev–Trinajstić information content (AvgIpc) is 2.33. The molecule has 1 atom stereocenters. The second kappa shape index (κ2) is 7.58. The molecule has 0 fully saturated rings. The van der Waals surface area contributed by atoms with E-state index in [1.54, 1.807) is 23.9 Å². The summed E-state index contributed by atoms with van der Waals surface area (Å²) in [6, 6.07) is 6.67. The molecule has 0 saturated heterocycles. The van der Waals surface area contributed by atoms with Gasteiger partial charge in [0.1, 0.15) is 12.6 Å². The first-order valence-electron chi connectivity index (χ1n) is 5.29. The zero-order valence-corrected chi connectivity index (χ0v) is 11.3. The molecule has 2 N–H and O–H groups in total. The van der Waals surface area contributed by atoms with Gasteiger partial charge in [-0.2, -0.15) is 11.8 Å². The topological polar surface area (TPSA) is 52.3 Å². The second-order valence-electron chi connectivity index (χ2n) is 3.63. The van der Waals surface area contributed by atoms with Gasteiger partial charge in [-0.15, -0.1) is 0 Å². The van der Waals surface area contributed by atoms with E-state index in [0.717, 1.165) is 11.3 Å². The maximum atomic E-state index is 11.5. The molecule has 0 heterocycles.